The fourth-order valence-electron chi connectivity index (χ4n) is 3.65. The molecule has 2 aliphatic rings. The number of hydrogen-bond donors (Lipinski definition) is 1. The predicted molar refractivity (Wildman–Crippen MR) is 80.6 cm³/mol. The van der Waals surface area contributed by atoms with Gasteiger partial charge in [0, 0.05) is 31.7 Å². The van der Waals surface area contributed by atoms with Gasteiger partial charge in [0.2, 0.25) is 0 Å². The van der Waals surface area contributed by atoms with Gasteiger partial charge in [0.15, 0.2) is 0 Å². The first kappa shape index (κ1) is 13.8. The van der Waals surface area contributed by atoms with E-state index < -0.39 is 0 Å². The summed E-state index contributed by atoms with van der Waals surface area (Å²) in [6.07, 6.45) is 3.69. The molecule has 0 radical (unpaired) electrons. The Morgan fingerprint density at radius 1 is 1.25 bits per heavy atom. The summed E-state index contributed by atoms with van der Waals surface area (Å²) >= 11 is 0. The third-order valence-electron chi connectivity index (χ3n) is 4.88. The number of halogens is 1. The smallest absolute Gasteiger partial charge is 0.146 e. The molecule has 3 rings (SSSR count). The first-order valence-electron chi connectivity index (χ1n) is 7.59. The van der Waals surface area contributed by atoms with Gasteiger partial charge in [-0.1, -0.05) is 6.07 Å². The van der Waals surface area contributed by atoms with Gasteiger partial charge < -0.3 is 10.2 Å². The molecule has 2 heterocycles. The Labute approximate surface area is 120 Å². The van der Waals surface area contributed by atoms with Crippen molar-refractivity contribution >= 4 is 5.69 Å². The lowest BCUT2D eigenvalue weighted by molar-refractivity contribution is 0.254. The van der Waals surface area contributed by atoms with Gasteiger partial charge in [0.05, 0.1) is 5.69 Å². The molecule has 2 atom stereocenters. The Kier molecular flexibility index (Phi) is 3.94. The molecule has 110 valence electrons. The summed E-state index contributed by atoms with van der Waals surface area (Å²) in [4.78, 5) is 4.73. The van der Waals surface area contributed by atoms with E-state index >= 15 is 0 Å². The highest BCUT2D eigenvalue weighted by Crippen LogP contribution is 2.31. The van der Waals surface area contributed by atoms with Crippen LogP contribution >= 0.6 is 0 Å². The van der Waals surface area contributed by atoms with Crippen LogP contribution in [0.4, 0.5) is 10.1 Å². The number of rotatable bonds is 3. The average molecular weight is 277 g/mol. The van der Waals surface area contributed by atoms with E-state index in [9.17, 15) is 4.39 Å². The van der Waals surface area contributed by atoms with Crippen molar-refractivity contribution in [1.29, 1.82) is 0 Å². The molecular weight excluding hydrogens is 253 g/mol. The van der Waals surface area contributed by atoms with Crippen molar-refractivity contribution in [3.63, 3.8) is 0 Å². The minimum absolute atomic E-state index is 0.0850. The van der Waals surface area contributed by atoms with Gasteiger partial charge in [-0.15, -0.1) is 0 Å². The summed E-state index contributed by atoms with van der Waals surface area (Å²) in [6, 6.07) is 6.91. The molecule has 2 unspecified atom stereocenters. The molecule has 0 amide bonds. The van der Waals surface area contributed by atoms with E-state index in [0.29, 0.717) is 18.6 Å². The predicted octanol–water partition coefficient (Wildman–Crippen LogP) is 2.22. The summed E-state index contributed by atoms with van der Waals surface area (Å²) in [7, 11) is 4.10. The van der Waals surface area contributed by atoms with Crippen molar-refractivity contribution in [3.05, 3.63) is 29.6 Å². The highest BCUT2D eigenvalue weighted by atomic mass is 19.1. The van der Waals surface area contributed by atoms with Crippen LogP contribution < -0.4 is 10.2 Å². The Balaban J connectivity index is 1.79. The largest absolute Gasteiger partial charge is 0.368 e. The topological polar surface area (TPSA) is 18.5 Å². The van der Waals surface area contributed by atoms with Crippen molar-refractivity contribution < 1.29 is 4.39 Å². The Morgan fingerprint density at radius 2 is 2.05 bits per heavy atom. The highest BCUT2D eigenvalue weighted by Gasteiger charge is 2.35. The maximum atomic E-state index is 14.3. The Hall–Kier alpha value is -1.13. The molecule has 2 bridgehead atoms. The second-order valence-electron chi connectivity index (χ2n) is 6.10. The minimum atomic E-state index is -0.0850. The van der Waals surface area contributed by atoms with Crippen LogP contribution in [0.15, 0.2) is 18.2 Å². The molecular formula is C16H24FN3. The second-order valence-corrected chi connectivity index (χ2v) is 6.10. The fourth-order valence-corrected chi connectivity index (χ4v) is 3.65. The van der Waals surface area contributed by atoms with Gasteiger partial charge in [0.25, 0.3) is 0 Å². The van der Waals surface area contributed by atoms with Crippen LogP contribution in [0.1, 0.15) is 24.8 Å². The van der Waals surface area contributed by atoms with E-state index in [1.165, 1.54) is 12.8 Å². The zero-order valence-electron chi connectivity index (χ0n) is 12.4. The number of benzene rings is 1. The number of nitrogens with one attached hydrogen (secondary N) is 1. The lowest BCUT2D eigenvalue weighted by Gasteiger charge is -2.28. The molecule has 2 aliphatic heterocycles. The normalized spacial score (nSPS) is 26.9. The molecule has 1 aromatic carbocycles. The van der Waals surface area contributed by atoms with E-state index in [1.807, 2.05) is 19.2 Å². The number of likely N-dealkylation sites (N-methyl/N-ethyl adjacent to an activating group) is 1. The van der Waals surface area contributed by atoms with E-state index in [4.69, 9.17) is 0 Å². The Morgan fingerprint density at radius 3 is 2.80 bits per heavy atom. The van der Waals surface area contributed by atoms with Crippen LogP contribution in [0.2, 0.25) is 0 Å². The van der Waals surface area contributed by atoms with Gasteiger partial charge in [-0.2, -0.15) is 0 Å². The van der Waals surface area contributed by atoms with Crippen molar-refractivity contribution in [2.75, 3.05) is 32.1 Å². The number of anilines is 1. The van der Waals surface area contributed by atoms with Crippen LogP contribution in [0.5, 0.6) is 0 Å². The second kappa shape index (κ2) is 5.70. The SMILES string of the molecule is CNCc1ccc(N2CCC3CCC(C2)N3C)c(F)c1. The molecule has 20 heavy (non-hydrogen) atoms. The molecule has 2 fully saturated rings. The Bertz CT molecular complexity index is 477. The molecule has 2 saturated heterocycles. The molecule has 0 aromatic heterocycles. The van der Waals surface area contributed by atoms with Crippen molar-refractivity contribution in [3.8, 4) is 0 Å². The molecule has 0 aliphatic carbocycles. The summed E-state index contributed by atoms with van der Waals surface area (Å²) in [6.45, 7) is 2.63. The van der Waals surface area contributed by atoms with Crippen LogP contribution in [0, 0.1) is 5.82 Å². The van der Waals surface area contributed by atoms with Crippen LogP contribution in [-0.2, 0) is 6.54 Å². The molecule has 0 saturated carbocycles. The zero-order valence-corrected chi connectivity index (χ0v) is 12.4. The average Bonchev–Trinajstić information content (AvgIpc) is 2.65. The summed E-state index contributed by atoms with van der Waals surface area (Å²) < 4.78 is 14.3. The molecule has 0 spiro atoms. The lowest BCUT2D eigenvalue weighted by atomic mass is 10.1. The fraction of sp³-hybridized carbons (Fsp3) is 0.625. The number of nitrogens with zero attached hydrogens (tertiary/aromatic N) is 2. The van der Waals surface area contributed by atoms with Crippen molar-refractivity contribution in [1.82, 2.24) is 10.2 Å². The van der Waals surface area contributed by atoms with Gasteiger partial charge in [-0.3, -0.25) is 4.90 Å². The third kappa shape index (κ3) is 2.54. The zero-order chi connectivity index (χ0) is 14.1. The molecule has 1 N–H and O–H groups in total. The molecule has 4 heteroatoms. The lowest BCUT2D eigenvalue weighted by Crippen LogP contribution is -2.37. The highest BCUT2D eigenvalue weighted by molar-refractivity contribution is 5.49. The monoisotopic (exact) mass is 277 g/mol. The number of hydrogen-bond acceptors (Lipinski definition) is 3. The third-order valence-corrected chi connectivity index (χ3v) is 4.88. The van der Waals surface area contributed by atoms with Crippen LogP contribution in [0.25, 0.3) is 0 Å². The van der Waals surface area contributed by atoms with Gasteiger partial charge in [0.1, 0.15) is 5.82 Å². The summed E-state index contributed by atoms with van der Waals surface area (Å²) in [5.41, 5.74) is 1.77. The van der Waals surface area contributed by atoms with Crippen LogP contribution in [0.3, 0.4) is 0 Å². The van der Waals surface area contributed by atoms with Crippen LogP contribution in [-0.4, -0.2) is 44.2 Å². The minimum Gasteiger partial charge on any atom is -0.368 e. The maximum Gasteiger partial charge on any atom is 0.146 e. The first-order valence-corrected chi connectivity index (χ1v) is 7.59. The summed E-state index contributed by atoms with van der Waals surface area (Å²) in [5.74, 6) is -0.0850. The van der Waals surface area contributed by atoms with E-state index in [2.05, 4.69) is 22.2 Å². The maximum absolute atomic E-state index is 14.3. The number of fused-ring (bicyclic) bond motifs is 2. The van der Waals surface area contributed by atoms with Gasteiger partial charge >= 0.3 is 0 Å². The van der Waals surface area contributed by atoms with Crippen molar-refractivity contribution in [2.24, 2.45) is 0 Å². The quantitative estimate of drug-likeness (QED) is 0.914. The van der Waals surface area contributed by atoms with E-state index in [-0.39, 0.29) is 5.82 Å². The standard InChI is InChI=1S/C16H24FN3/c1-18-10-12-3-6-16(15(17)9-12)20-8-7-13-4-5-14(11-20)19(13)2/h3,6,9,13-14,18H,4-5,7-8,10-11H2,1-2H3. The summed E-state index contributed by atoms with van der Waals surface area (Å²) in [5, 5.41) is 3.06. The molecule has 3 nitrogen and oxygen atoms in total. The van der Waals surface area contributed by atoms with Gasteiger partial charge in [-0.25, -0.2) is 4.39 Å². The first-order chi connectivity index (χ1) is 9.69. The van der Waals surface area contributed by atoms with E-state index in [1.54, 1.807) is 6.07 Å². The van der Waals surface area contributed by atoms with Gasteiger partial charge in [-0.05, 0) is 51.1 Å². The molecule has 1 aromatic rings. The van der Waals surface area contributed by atoms with E-state index in [0.717, 1.165) is 30.8 Å². The van der Waals surface area contributed by atoms with Crippen molar-refractivity contribution in [2.45, 2.75) is 37.9 Å².